The van der Waals surface area contributed by atoms with Crippen LogP contribution in [0.5, 0.6) is 0 Å². The summed E-state index contributed by atoms with van der Waals surface area (Å²) in [5, 5.41) is 0. The van der Waals surface area contributed by atoms with Gasteiger partial charge in [-0.05, 0) is 0 Å². The Morgan fingerprint density at radius 1 is 0.0342 bits per heavy atom. The van der Waals surface area contributed by atoms with E-state index in [-0.39, 0.29) is 0 Å². The van der Waals surface area contributed by atoms with Crippen LogP contribution in [0.3, 0.4) is 0 Å². The van der Waals surface area contributed by atoms with Crippen LogP contribution in [0.4, 0.5) is 0 Å². The molecule has 0 spiro atoms. The highest BCUT2D eigenvalue weighted by molar-refractivity contribution is 8.49. The van der Waals surface area contributed by atoms with Gasteiger partial charge in [-0.25, -0.2) is 0 Å². The van der Waals surface area contributed by atoms with E-state index in [2.05, 4.69) is 0 Å². The summed E-state index contributed by atoms with van der Waals surface area (Å²) in [6.45, 7) is 0. The van der Waals surface area contributed by atoms with Gasteiger partial charge in [-0.2, -0.15) is 0 Å². The first-order valence-corrected chi connectivity index (χ1v) is 48.3. The Kier molecular flexibility index (Phi) is 76.2. The average Bonchev–Trinajstić information content (AvgIpc) is 0.693. The molecule has 146 heavy (non-hydrogen) atoms. The summed E-state index contributed by atoms with van der Waals surface area (Å²) in [4.78, 5) is 0. The van der Waals surface area contributed by atoms with Crippen LogP contribution in [0.1, 0.15) is 0 Å². The van der Waals surface area contributed by atoms with Gasteiger partial charge < -0.3 is 0 Å². The van der Waals surface area contributed by atoms with E-state index in [9.17, 15) is 0 Å². The first-order valence-electron chi connectivity index (χ1n) is 48.3. The maximum Gasteiger partial charge on any atom is 0 e. The monoisotopic (exact) mass is 1610 g/mol. The third-order valence-corrected chi connectivity index (χ3v) is 31.6. The molecule has 0 saturated carbocycles. The highest BCUT2D eigenvalue weighted by atomic mass is 13.5. The van der Waals surface area contributed by atoms with Gasteiger partial charge in [0, 0.05) is 1030 Å². The van der Waals surface area contributed by atoms with Crippen molar-refractivity contribution in [1.29, 1.82) is 0 Å². The number of hydrogen-bond acceptors (Lipinski definition) is 0. The van der Waals surface area contributed by atoms with Crippen molar-refractivity contribution in [2.45, 2.75) is 0 Å². The van der Waals surface area contributed by atoms with E-state index in [1.807, 2.05) is 0 Å². The molecule has 0 amide bonds. The van der Waals surface area contributed by atoms with Gasteiger partial charge in [-0.1, -0.05) is 0 Å². The van der Waals surface area contributed by atoms with Crippen molar-refractivity contribution in [1.82, 2.24) is 0 Å². The fraction of sp³-hybridized carbons (Fsp3) is 0. The van der Waals surface area contributed by atoms with Crippen LogP contribution in [0.15, 0.2) is 0 Å². The van der Waals surface area contributed by atoms with Crippen LogP contribution >= 0.6 is 0 Å². The SMILES string of the molecule is [B]B([B])B(B([B])[B])B(B([B])[B])B(B(B([B])[B])B([B])[B])B(B(B(B(B([B])[B])B([B])[B])B(B([B])[B])B([B])[B])B(B(B([B])[B])B([B])[B])B(B([B])[B])B([B])[B])B(B(B(B(B([B])[B])B([B])[B])B(B([B])[B])B([B])[B])B(B(B([B])[B])B([B])[B])B(B([B])[B])B([B])[B])B(B(B(B(B([B])[B])B([B])[B])B(B([B])[B])B([B])[B])B(B(B([B])[B])B([B])[B])B(B([B])[B])B([B])[B])B(B(B(B([B])[B])B([B])[B])B(B([B])[B])B([B])[B])B(B(B([B])[B])B([B])[B])B(B([B])[B])B([B])[B]. The summed E-state index contributed by atoms with van der Waals surface area (Å²) >= 11 is 0. The molecule has 0 aromatic rings. The van der Waals surface area contributed by atoms with E-state index >= 15 is 0 Å². The molecule has 146 heteroatoms. The molecule has 0 aliphatic carbocycles. The predicted octanol–water partition coefficient (Wildman–Crippen LogP) is -55.6. The van der Waals surface area contributed by atoms with Crippen molar-refractivity contribution in [3.63, 3.8) is 0 Å². The Hall–Kier alpha value is 9.48. The first-order chi connectivity index (χ1) is 66.4. The molecule has 0 N–H and O–H groups in total. The van der Waals surface area contributed by atoms with Crippen LogP contribution in [0.25, 0.3) is 0 Å². The second-order valence-corrected chi connectivity index (χ2v) is 41.6. The minimum atomic E-state index is -3.13. The molecule has 0 heterocycles. The molecule has 0 aromatic heterocycles. The molecule has 0 bridgehead atoms. The van der Waals surface area contributed by atoms with Gasteiger partial charge in [0.25, 0.3) is 0 Å². The minimum absolute atomic E-state index is 2.14. The third-order valence-electron chi connectivity index (χ3n) is 31.6. The van der Waals surface area contributed by atoms with Gasteiger partial charge in [-0.3, -0.25) is 0 Å². The number of hydrogen-bond donors (Lipinski definition) is 0. The zero-order valence-electron chi connectivity index (χ0n) is 84.3. The van der Waals surface area contributed by atoms with Crippen LogP contribution < -0.4 is 0 Å². The lowest BCUT2D eigenvalue weighted by atomic mass is 8.16. The number of rotatable bonds is 71. The third kappa shape index (κ3) is 41.4. The van der Waals surface area contributed by atoms with Gasteiger partial charge in [0.05, 0.1) is 0 Å². The summed E-state index contributed by atoms with van der Waals surface area (Å²) in [7, 11) is 562. The molecule has 0 aliphatic rings. The van der Waals surface area contributed by atoms with Crippen LogP contribution in [0.2, 0.25) is 0 Å². The van der Waals surface area contributed by atoms with Crippen molar-refractivity contribution in [3.8, 4) is 0 Å². The summed E-state index contributed by atoms with van der Waals surface area (Å²) in [6, 6.07) is 0. The summed E-state index contributed by atoms with van der Waals surface area (Å²) < 4.78 is 0. The van der Waals surface area contributed by atoms with Gasteiger partial charge in [-0.15, -0.1) is 0 Å². The predicted molar refractivity (Wildman–Crippen MR) is 840 cm³/mol. The normalized spacial score (nSPS) is 9.89. The molecule has 0 rings (SSSR count). The van der Waals surface area contributed by atoms with Crippen molar-refractivity contribution >= 4 is 1030 Å². The maximum absolute atomic E-state index is 7.88. The van der Waals surface area contributed by atoms with E-state index in [1.54, 1.807) is 0 Å². The molecule has 0 fully saturated rings. The largest absolute Gasteiger partial charge is 0 e. The quantitative estimate of drug-likeness (QED) is 0.0533. The molecule has 0 saturated heterocycles. The lowest BCUT2D eigenvalue weighted by Crippen LogP contribution is -3.04. The maximum atomic E-state index is 7.88. The lowest BCUT2D eigenvalue weighted by Gasteiger charge is -2.66. The van der Waals surface area contributed by atoms with Crippen LogP contribution in [0, 0.1) is 0 Å². The average molecular weight is 1580 g/mol. The molecule has 0 atom stereocenters. The highest BCUT2D eigenvalue weighted by Gasteiger charge is 2.73. The van der Waals surface area contributed by atoms with Crippen molar-refractivity contribution in [2.24, 2.45) is 0 Å². The van der Waals surface area contributed by atoms with Crippen molar-refractivity contribution in [3.05, 3.63) is 0 Å². The van der Waals surface area contributed by atoms with Crippen molar-refractivity contribution < 1.29 is 0 Å². The van der Waals surface area contributed by atoms with E-state index in [0.717, 1.165) is 0 Å². The van der Waals surface area contributed by atoms with E-state index in [1.165, 1.54) is 0 Å². The smallest absolute Gasteiger partial charge is 0 e. The zero-order chi connectivity index (χ0) is 116. The Bertz CT molecular complexity index is 2580. The van der Waals surface area contributed by atoms with Gasteiger partial charge in [0.2, 0.25) is 0 Å². The molecular formula is B146. The Balaban J connectivity index is 18.8. The topological polar surface area (TPSA) is 0 Å². The molecule has 148 radical (unpaired) electrons. The Labute approximate surface area is 1020 Å². The summed E-state index contributed by atoms with van der Waals surface area (Å²) in [6.07, 6.45) is -170. The zero-order valence-corrected chi connectivity index (χ0v) is 84.3. The molecule has 0 nitrogen and oxygen atoms in total. The van der Waals surface area contributed by atoms with E-state index < -0.39 is 460 Å². The molecular weight excluding hydrogens is 1580 g/mol. The van der Waals surface area contributed by atoms with E-state index in [0.29, 0.717) is 0 Å². The standard InChI is InChI=1S/B146/c1-75(2)112(76(3)4)130(111(73)74)139(129(109(69)70)110(71)72)144(140(131(113(77(5)6)78(7)8)114(79(9)10)80(11)12)132(115(81(13)14)82(15)16)116(83(17)18)84(19)20)146(143(137(125(101(53)54)102(55)56)126(103(57)58)104(59)60)138(127(105(61)62)106(63)64)128(107(65)66)108(67)68)145(141(133(117(85(21)22)86(23)24)118(87(25)26)88(27)28)134(119(89(29)30)90(31)32)120(91(33)34)92(35)36)142(135(121(93(37)38)94(39)40)122(95(41)42)96(43)44)136(123(97(45)46)98(47)48)124(99(49)50)100(51)52. The molecule has 0 aliphatic heterocycles. The summed E-state index contributed by atoms with van der Waals surface area (Å²) in [5.41, 5.74) is 0. The van der Waals surface area contributed by atoms with Gasteiger partial charge in [0.1, 0.15) is 0 Å². The second-order valence-electron chi connectivity index (χ2n) is 41.6. The minimum Gasteiger partial charge on any atom is 0 e. The van der Waals surface area contributed by atoms with E-state index in [4.69, 9.17) is 573 Å². The van der Waals surface area contributed by atoms with Crippen molar-refractivity contribution in [2.75, 3.05) is 0 Å². The fourth-order valence-corrected chi connectivity index (χ4v) is 26.9. The highest BCUT2D eigenvalue weighted by Crippen LogP contribution is 2.35. The van der Waals surface area contributed by atoms with Crippen LogP contribution in [-0.2, 0) is 0 Å². The van der Waals surface area contributed by atoms with Crippen LogP contribution in [-0.4, -0.2) is 1030 Å². The molecule has 438 valence electrons. The fourth-order valence-electron chi connectivity index (χ4n) is 26.9. The molecule has 0 unspecified atom stereocenters. The first kappa shape index (κ1) is 155. The second kappa shape index (κ2) is 71.6. The summed E-state index contributed by atoms with van der Waals surface area (Å²) in [5.74, 6) is 0. The Morgan fingerprint density at radius 2 is 0.0616 bits per heavy atom. The molecule has 0 aromatic carbocycles. The Morgan fingerprint density at radius 3 is 0.103 bits per heavy atom. The lowest BCUT2D eigenvalue weighted by molar-refractivity contribution is 3.10. The van der Waals surface area contributed by atoms with Gasteiger partial charge in [0.15, 0.2) is 0 Å². The van der Waals surface area contributed by atoms with Gasteiger partial charge >= 0.3 is 0 Å².